The number of nitriles is 1. The van der Waals surface area contributed by atoms with Gasteiger partial charge in [0.15, 0.2) is 0 Å². The first-order valence-electron chi connectivity index (χ1n) is 10.0. The van der Waals surface area contributed by atoms with Gasteiger partial charge in [0.1, 0.15) is 11.3 Å². The van der Waals surface area contributed by atoms with E-state index in [2.05, 4.69) is 16.0 Å². The summed E-state index contributed by atoms with van der Waals surface area (Å²) < 4.78 is 2.31. The van der Waals surface area contributed by atoms with Crippen molar-refractivity contribution in [2.45, 2.75) is 6.42 Å². The van der Waals surface area contributed by atoms with E-state index in [1.54, 1.807) is 29.2 Å². The van der Waals surface area contributed by atoms with Crippen molar-refractivity contribution in [3.05, 3.63) is 68.5 Å². The molecule has 1 amide bonds. The van der Waals surface area contributed by atoms with Crippen molar-refractivity contribution in [2.24, 2.45) is 14.1 Å². The van der Waals surface area contributed by atoms with Crippen LogP contribution in [0.1, 0.15) is 22.5 Å². The fourth-order valence-electron chi connectivity index (χ4n) is 3.86. The molecule has 0 saturated carbocycles. The number of fused-ring (bicyclic) bond motifs is 1. The highest BCUT2D eigenvalue weighted by molar-refractivity contribution is 5.94. The van der Waals surface area contributed by atoms with Gasteiger partial charge in [-0.2, -0.15) is 5.26 Å². The van der Waals surface area contributed by atoms with E-state index in [0.717, 1.165) is 23.2 Å². The van der Waals surface area contributed by atoms with Gasteiger partial charge in [-0.1, -0.05) is 0 Å². The third kappa shape index (κ3) is 3.68. The van der Waals surface area contributed by atoms with E-state index < -0.39 is 11.2 Å². The molecule has 0 radical (unpaired) electrons. The molecule has 0 spiro atoms. The van der Waals surface area contributed by atoms with Gasteiger partial charge in [0.2, 0.25) is 0 Å². The molecular weight excluding hydrogens is 396 g/mol. The molecule has 1 fully saturated rings. The first kappa shape index (κ1) is 20.3. The zero-order valence-corrected chi connectivity index (χ0v) is 17.4. The average Bonchev–Trinajstić information content (AvgIpc) is 3.07. The van der Waals surface area contributed by atoms with Crippen LogP contribution in [-0.2, 0) is 14.1 Å². The molecule has 3 heterocycles. The zero-order valence-electron chi connectivity index (χ0n) is 17.4. The number of pyridine rings is 1. The van der Waals surface area contributed by atoms with E-state index in [9.17, 15) is 14.4 Å². The van der Waals surface area contributed by atoms with E-state index in [-0.39, 0.29) is 17.2 Å². The number of rotatable bonds is 2. The molecule has 4 rings (SSSR count). The molecular formula is C22H22N6O3. The number of hydrogen-bond donors (Lipinski definition) is 0. The van der Waals surface area contributed by atoms with E-state index in [0.29, 0.717) is 30.6 Å². The molecule has 0 N–H and O–H groups in total. The standard InChI is InChI=1S/C22H22N6O3/c1-25-19-17(20(29)26(2)22(25)31)8-9-18(24-19)21(30)28-11-3-10-27(12-13-28)16-6-4-15(14-23)5-7-16/h4-9H,3,10-13H2,1-2H3. The maximum atomic E-state index is 13.1. The monoisotopic (exact) mass is 418 g/mol. The number of aryl methyl sites for hydroxylation is 1. The van der Waals surface area contributed by atoms with Crippen LogP contribution in [0.25, 0.3) is 11.0 Å². The predicted octanol–water partition coefficient (Wildman–Crippen LogP) is 0.856. The summed E-state index contributed by atoms with van der Waals surface area (Å²) >= 11 is 0. The Morgan fingerprint density at radius 2 is 1.71 bits per heavy atom. The third-order valence-electron chi connectivity index (χ3n) is 5.67. The lowest BCUT2D eigenvalue weighted by molar-refractivity contribution is 0.0761. The Labute approximate surface area is 178 Å². The quantitative estimate of drug-likeness (QED) is 0.611. The van der Waals surface area contributed by atoms with Crippen molar-refractivity contribution in [3.63, 3.8) is 0 Å². The largest absolute Gasteiger partial charge is 0.370 e. The summed E-state index contributed by atoms with van der Waals surface area (Å²) in [5.74, 6) is -0.225. The highest BCUT2D eigenvalue weighted by Gasteiger charge is 2.22. The highest BCUT2D eigenvalue weighted by atomic mass is 16.2. The van der Waals surface area contributed by atoms with Crippen LogP contribution in [0.5, 0.6) is 0 Å². The maximum Gasteiger partial charge on any atom is 0.332 e. The minimum atomic E-state index is -0.484. The summed E-state index contributed by atoms with van der Waals surface area (Å²) in [5, 5.41) is 9.26. The molecule has 3 aromatic rings. The van der Waals surface area contributed by atoms with Crippen LogP contribution in [0.2, 0.25) is 0 Å². The molecule has 9 nitrogen and oxygen atoms in total. The van der Waals surface area contributed by atoms with Crippen LogP contribution in [-0.4, -0.2) is 51.1 Å². The molecule has 158 valence electrons. The molecule has 1 aliphatic heterocycles. The Bertz CT molecular complexity index is 1320. The first-order chi connectivity index (χ1) is 14.9. The predicted molar refractivity (Wildman–Crippen MR) is 116 cm³/mol. The van der Waals surface area contributed by atoms with Crippen LogP contribution in [0.15, 0.2) is 46.0 Å². The maximum absolute atomic E-state index is 13.1. The van der Waals surface area contributed by atoms with Crippen molar-refractivity contribution in [1.29, 1.82) is 5.26 Å². The van der Waals surface area contributed by atoms with Gasteiger partial charge >= 0.3 is 5.69 Å². The molecule has 1 aromatic carbocycles. The lowest BCUT2D eigenvalue weighted by Gasteiger charge is -2.23. The second-order valence-corrected chi connectivity index (χ2v) is 7.56. The number of anilines is 1. The Hall–Kier alpha value is -3.93. The summed E-state index contributed by atoms with van der Waals surface area (Å²) in [6.07, 6.45) is 0.790. The minimum absolute atomic E-state index is 0.202. The number of amides is 1. The lowest BCUT2D eigenvalue weighted by Crippen LogP contribution is -2.38. The molecule has 9 heteroatoms. The first-order valence-corrected chi connectivity index (χ1v) is 10.0. The Morgan fingerprint density at radius 1 is 0.968 bits per heavy atom. The summed E-state index contributed by atoms with van der Waals surface area (Å²) in [6.45, 7) is 2.56. The van der Waals surface area contributed by atoms with Gasteiger partial charge in [0, 0.05) is 46.0 Å². The molecule has 2 aromatic heterocycles. The second kappa shape index (κ2) is 8.07. The topological polar surface area (TPSA) is 104 Å². The van der Waals surface area contributed by atoms with Crippen LogP contribution in [0.4, 0.5) is 5.69 Å². The van der Waals surface area contributed by atoms with Crippen LogP contribution >= 0.6 is 0 Å². The molecule has 0 atom stereocenters. The summed E-state index contributed by atoms with van der Waals surface area (Å²) in [6, 6.07) is 12.6. The smallest absolute Gasteiger partial charge is 0.332 e. The number of carbonyl (C=O) groups is 1. The average molecular weight is 418 g/mol. The molecule has 0 bridgehead atoms. The third-order valence-corrected chi connectivity index (χ3v) is 5.67. The molecule has 31 heavy (non-hydrogen) atoms. The number of benzene rings is 1. The van der Waals surface area contributed by atoms with Gasteiger partial charge in [0.05, 0.1) is 17.0 Å². The van der Waals surface area contributed by atoms with Crippen LogP contribution in [0.3, 0.4) is 0 Å². The summed E-state index contributed by atoms with van der Waals surface area (Å²) in [7, 11) is 2.95. The molecule has 1 saturated heterocycles. The van der Waals surface area contributed by atoms with Gasteiger partial charge in [-0.15, -0.1) is 0 Å². The summed E-state index contributed by atoms with van der Waals surface area (Å²) in [5.41, 5.74) is 1.13. The fraction of sp³-hybridized carbons (Fsp3) is 0.318. The Morgan fingerprint density at radius 3 is 2.42 bits per heavy atom. The summed E-state index contributed by atoms with van der Waals surface area (Å²) in [4.78, 5) is 45.9. The van der Waals surface area contributed by atoms with Gasteiger partial charge < -0.3 is 9.80 Å². The molecule has 1 aliphatic rings. The van der Waals surface area contributed by atoms with Gasteiger partial charge in [0.25, 0.3) is 11.5 Å². The van der Waals surface area contributed by atoms with E-state index in [1.807, 2.05) is 12.1 Å². The Balaban J connectivity index is 1.57. The molecule has 0 aliphatic carbocycles. The van der Waals surface area contributed by atoms with Gasteiger partial charge in [-0.3, -0.25) is 18.7 Å². The van der Waals surface area contributed by atoms with Crippen LogP contribution in [0, 0.1) is 11.3 Å². The number of aromatic nitrogens is 3. The second-order valence-electron chi connectivity index (χ2n) is 7.56. The minimum Gasteiger partial charge on any atom is -0.370 e. The Kier molecular flexibility index (Phi) is 5.29. The van der Waals surface area contributed by atoms with E-state index in [1.165, 1.54) is 18.7 Å². The molecule has 0 unspecified atom stereocenters. The van der Waals surface area contributed by atoms with Gasteiger partial charge in [-0.05, 0) is 42.8 Å². The van der Waals surface area contributed by atoms with Crippen molar-refractivity contribution in [1.82, 2.24) is 19.0 Å². The van der Waals surface area contributed by atoms with Crippen molar-refractivity contribution < 1.29 is 4.79 Å². The van der Waals surface area contributed by atoms with Crippen LogP contribution < -0.4 is 16.1 Å². The number of nitrogens with zero attached hydrogens (tertiary/aromatic N) is 6. The normalized spacial score (nSPS) is 14.4. The number of carbonyl (C=O) groups excluding carboxylic acids is 1. The highest BCUT2D eigenvalue weighted by Crippen LogP contribution is 2.18. The fourth-order valence-corrected chi connectivity index (χ4v) is 3.86. The van der Waals surface area contributed by atoms with E-state index in [4.69, 9.17) is 5.26 Å². The zero-order chi connectivity index (χ0) is 22.1. The van der Waals surface area contributed by atoms with Crippen molar-refractivity contribution in [3.8, 4) is 6.07 Å². The SMILES string of the molecule is Cn1c(=O)c2ccc(C(=O)N3CCCN(c4ccc(C#N)cc4)CC3)nc2n(C)c1=O. The van der Waals surface area contributed by atoms with Crippen molar-refractivity contribution >= 4 is 22.6 Å². The number of hydrogen-bond acceptors (Lipinski definition) is 6. The van der Waals surface area contributed by atoms with Gasteiger partial charge in [-0.25, -0.2) is 9.78 Å². The lowest BCUT2D eigenvalue weighted by atomic mass is 10.2. The van der Waals surface area contributed by atoms with E-state index >= 15 is 0 Å². The van der Waals surface area contributed by atoms with Crippen molar-refractivity contribution in [2.75, 3.05) is 31.1 Å².